The quantitative estimate of drug-likeness (QED) is 0.876. The van der Waals surface area contributed by atoms with Crippen LogP contribution in [0, 0.1) is 0 Å². The molecule has 1 aliphatic heterocycles. The molecule has 0 spiro atoms. The average Bonchev–Trinajstić information content (AvgIpc) is 2.71. The summed E-state index contributed by atoms with van der Waals surface area (Å²) in [4.78, 5) is 13.9. The fraction of sp³-hybridized carbons (Fsp3) is 0.588. The maximum atomic E-state index is 12.0. The zero-order chi connectivity index (χ0) is 15.5. The summed E-state index contributed by atoms with van der Waals surface area (Å²) < 4.78 is 6.00. The third kappa shape index (κ3) is 3.38. The van der Waals surface area contributed by atoms with E-state index in [-0.39, 0.29) is 17.6 Å². The van der Waals surface area contributed by atoms with Crippen molar-refractivity contribution in [3.8, 4) is 5.75 Å². The van der Waals surface area contributed by atoms with Crippen LogP contribution in [0.2, 0.25) is 0 Å². The zero-order valence-electron chi connectivity index (χ0n) is 13.5. The van der Waals surface area contributed by atoms with Crippen LogP contribution < -0.4 is 10.1 Å². The lowest BCUT2D eigenvalue weighted by molar-refractivity contribution is -0.130. The van der Waals surface area contributed by atoms with Crippen LogP contribution in [0.1, 0.15) is 45.7 Å². The molecule has 1 heterocycles. The van der Waals surface area contributed by atoms with Gasteiger partial charge in [-0.15, -0.1) is 0 Å². The molecule has 0 bridgehead atoms. The van der Waals surface area contributed by atoms with Crippen LogP contribution in [0.3, 0.4) is 0 Å². The summed E-state index contributed by atoms with van der Waals surface area (Å²) in [7, 11) is 0. The van der Waals surface area contributed by atoms with Gasteiger partial charge in [0.1, 0.15) is 11.4 Å². The Hall–Kier alpha value is -1.55. The maximum absolute atomic E-state index is 12.0. The van der Waals surface area contributed by atoms with Gasteiger partial charge in [-0.2, -0.15) is 0 Å². The summed E-state index contributed by atoms with van der Waals surface area (Å²) in [6.45, 7) is 10.4. The topological polar surface area (TPSA) is 41.6 Å². The van der Waals surface area contributed by atoms with Gasteiger partial charge in [-0.25, -0.2) is 0 Å². The van der Waals surface area contributed by atoms with Crippen LogP contribution in [-0.4, -0.2) is 36.0 Å². The molecule has 0 fully saturated rings. The van der Waals surface area contributed by atoms with Gasteiger partial charge in [-0.1, -0.05) is 18.2 Å². The van der Waals surface area contributed by atoms with Gasteiger partial charge in [0.15, 0.2) is 0 Å². The SMILES string of the molecule is CCN(CC)C(=O)CCNC1c2ccccc2OC1(C)C. The van der Waals surface area contributed by atoms with Crippen LogP contribution in [0.25, 0.3) is 0 Å². The number of fused-ring (bicyclic) bond motifs is 1. The Balaban J connectivity index is 1.95. The Morgan fingerprint density at radius 3 is 2.62 bits per heavy atom. The third-order valence-electron chi connectivity index (χ3n) is 4.10. The molecule has 116 valence electrons. The van der Waals surface area contributed by atoms with Gasteiger partial charge in [-0.3, -0.25) is 4.79 Å². The molecular weight excluding hydrogens is 264 g/mol. The minimum Gasteiger partial charge on any atom is -0.486 e. The predicted octanol–water partition coefficient (Wildman–Crippen LogP) is 2.75. The molecule has 0 saturated heterocycles. The Morgan fingerprint density at radius 2 is 1.95 bits per heavy atom. The molecule has 1 aliphatic rings. The number of nitrogens with zero attached hydrogens (tertiary/aromatic N) is 1. The molecule has 1 aromatic rings. The molecule has 0 aromatic heterocycles. The van der Waals surface area contributed by atoms with E-state index in [1.165, 1.54) is 5.56 Å². The van der Waals surface area contributed by atoms with Crippen molar-refractivity contribution in [2.75, 3.05) is 19.6 Å². The molecule has 1 aromatic carbocycles. The fourth-order valence-corrected chi connectivity index (χ4v) is 2.94. The number of carbonyl (C=O) groups excluding carboxylic acids is 1. The van der Waals surface area contributed by atoms with Gasteiger partial charge in [0, 0.05) is 31.6 Å². The average molecular weight is 290 g/mol. The molecular formula is C17H26N2O2. The second kappa shape index (κ2) is 6.48. The van der Waals surface area contributed by atoms with Crippen molar-refractivity contribution in [2.45, 2.75) is 45.8 Å². The van der Waals surface area contributed by atoms with Gasteiger partial charge in [0.25, 0.3) is 0 Å². The van der Waals surface area contributed by atoms with Crippen molar-refractivity contribution in [2.24, 2.45) is 0 Å². The third-order valence-corrected chi connectivity index (χ3v) is 4.10. The van der Waals surface area contributed by atoms with Crippen LogP contribution in [-0.2, 0) is 4.79 Å². The van der Waals surface area contributed by atoms with Crippen molar-refractivity contribution < 1.29 is 9.53 Å². The van der Waals surface area contributed by atoms with Crippen molar-refractivity contribution in [1.82, 2.24) is 10.2 Å². The van der Waals surface area contributed by atoms with Crippen LogP contribution >= 0.6 is 0 Å². The van der Waals surface area contributed by atoms with E-state index in [9.17, 15) is 4.79 Å². The van der Waals surface area contributed by atoms with E-state index in [4.69, 9.17) is 4.74 Å². The molecule has 4 heteroatoms. The smallest absolute Gasteiger partial charge is 0.223 e. The number of amides is 1. The first kappa shape index (κ1) is 15.8. The van der Waals surface area contributed by atoms with E-state index >= 15 is 0 Å². The number of para-hydroxylation sites is 1. The highest BCUT2D eigenvalue weighted by molar-refractivity contribution is 5.76. The van der Waals surface area contributed by atoms with Gasteiger partial charge < -0.3 is 15.0 Å². The fourth-order valence-electron chi connectivity index (χ4n) is 2.94. The largest absolute Gasteiger partial charge is 0.486 e. The Bertz CT molecular complexity index is 495. The Morgan fingerprint density at radius 1 is 1.29 bits per heavy atom. The summed E-state index contributed by atoms with van der Waals surface area (Å²) >= 11 is 0. The van der Waals surface area contributed by atoms with Gasteiger partial charge in [0.2, 0.25) is 5.91 Å². The minimum atomic E-state index is -0.290. The molecule has 0 radical (unpaired) electrons. The molecule has 2 rings (SSSR count). The maximum Gasteiger partial charge on any atom is 0.223 e. The van der Waals surface area contributed by atoms with E-state index < -0.39 is 0 Å². The molecule has 1 atom stereocenters. The summed E-state index contributed by atoms with van der Waals surface area (Å²) in [5, 5.41) is 3.49. The monoisotopic (exact) mass is 290 g/mol. The Labute approximate surface area is 127 Å². The molecule has 1 N–H and O–H groups in total. The highest BCUT2D eigenvalue weighted by Crippen LogP contribution is 2.42. The first-order chi connectivity index (χ1) is 9.99. The molecule has 21 heavy (non-hydrogen) atoms. The summed E-state index contributed by atoms with van der Waals surface area (Å²) in [6, 6.07) is 8.23. The van der Waals surface area contributed by atoms with Crippen molar-refractivity contribution >= 4 is 5.91 Å². The summed E-state index contributed by atoms with van der Waals surface area (Å²) in [5.41, 5.74) is 0.889. The van der Waals surface area contributed by atoms with Crippen molar-refractivity contribution in [3.05, 3.63) is 29.8 Å². The number of carbonyl (C=O) groups is 1. The second-order valence-corrected chi connectivity index (χ2v) is 5.95. The highest BCUT2D eigenvalue weighted by Gasteiger charge is 2.40. The molecule has 0 saturated carbocycles. The summed E-state index contributed by atoms with van der Waals surface area (Å²) in [5.74, 6) is 1.15. The molecule has 1 amide bonds. The molecule has 4 nitrogen and oxygen atoms in total. The second-order valence-electron chi connectivity index (χ2n) is 5.95. The van der Waals surface area contributed by atoms with E-state index in [0.717, 1.165) is 18.8 Å². The van der Waals surface area contributed by atoms with E-state index in [1.807, 2.05) is 36.9 Å². The number of ether oxygens (including phenoxy) is 1. The van der Waals surface area contributed by atoms with Gasteiger partial charge in [0.05, 0.1) is 6.04 Å². The summed E-state index contributed by atoms with van der Waals surface area (Å²) in [6.07, 6.45) is 0.524. The number of rotatable bonds is 6. The van der Waals surface area contributed by atoms with Gasteiger partial charge >= 0.3 is 0 Å². The van der Waals surface area contributed by atoms with Crippen molar-refractivity contribution in [1.29, 1.82) is 0 Å². The predicted molar refractivity (Wildman–Crippen MR) is 84.4 cm³/mol. The number of benzene rings is 1. The lowest BCUT2D eigenvalue weighted by Gasteiger charge is -2.27. The van der Waals surface area contributed by atoms with Crippen LogP contribution in [0.5, 0.6) is 5.75 Å². The molecule has 0 aliphatic carbocycles. The van der Waals surface area contributed by atoms with Crippen molar-refractivity contribution in [3.63, 3.8) is 0 Å². The number of hydrogen-bond donors (Lipinski definition) is 1. The van der Waals surface area contributed by atoms with E-state index in [2.05, 4.69) is 25.2 Å². The first-order valence-electron chi connectivity index (χ1n) is 7.78. The zero-order valence-corrected chi connectivity index (χ0v) is 13.5. The highest BCUT2D eigenvalue weighted by atomic mass is 16.5. The van der Waals surface area contributed by atoms with E-state index in [0.29, 0.717) is 13.0 Å². The number of nitrogens with one attached hydrogen (secondary N) is 1. The Kier molecular flexibility index (Phi) is 4.88. The van der Waals surface area contributed by atoms with Crippen LogP contribution in [0.15, 0.2) is 24.3 Å². The first-order valence-corrected chi connectivity index (χ1v) is 7.78. The molecule has 1 unspecified atom stereocenters. The normalized spacial score (nSPS) is 19.0. The van der Waals surface area contributed by atoms with Crippen LogP contribution in [0.4, 0.5) is 0 Å². The lowest BCUT2D eigenvalue weighted by Crippen LogP contribution is -2.41. The van der Waals surface area contributed by atoms with E-state index in [1.54, 1.807) is 0 Å². The minimum absolute atomic E-state index is 0.123. The standard InChI is InChI=1S/C17H26N2O2/c1-5-19(6-2)15(20)11-12-18-16-13-9-7-8-10-14(13)21-17(16,3)4/h7-10,16,18H,5-6,11-12H2,1-4H3. The number of hydrogen-bond acceptors (Lipinski definition) is 3. The lowest BCUT2D eigenvalue weighted by atomic mass is 9.94. The van der Waals surface area contributed by atoms with Gasteiger partial charge in [-0.05, 0) is 33.8 Å².